The Hall–Kier alpha value is -2.66. The van der Waals surface area contributed by atoms with Crippen LogP contribution >= 0.6 is 0 Å². The van der Waals surface area contributed by atoms with Crippen molar-refractivity contribution in [2.45, 2.75) is 19.5 Å². The number of hydrogen-bond acceptors (Lipinski definition) is 2. The van der Waals surface area contributed by atoms with Gasteiger partial charge in [0.05, 0.1) is 7.05 Å². The van der Waals surface area contributed by atoms with E-state index in [4.69, 9.17) is 0 Å². The minimum atomic E-state index is -0.464. The fraction of sp³-hybridized carbons (Fsp3) is 0.263. The van der Waals surface area contributed by atoms with Crippen molar-refractivity contribution >= 4 is 11.9 Å². The van der Waals surface area contributed by atoms with Crippen molar-refractivity contribution in [3.8, 4) is 0 Å². The first-order valence-electron chi connectivity index (χ1n) is 8.11. The maximum Gasteiger partial charge on any atom is 0.321 e. The van der Waals surface area contributed by atoms with E-state index >= 15 is 0 Å². The molecule has 126 valence electrons. The molecule has 0 saturated heterocycles. The molecule has 1 unspecified atom stereocenters. The standard InChI is InChI=1S/C19H23N3O2/c1-3-20-19(24)21-18(23)17(16-12-8-5-9-13-16)22(2)14-15-10-6-4-7-11-15/h4-13,17H,3,14H2,1-2H3,(H2,20,21,23,24)/p+1/t17-/m1/s1. The van der Waals surface area contributed by atoms with Crippen LogP contribution in [0.15, 0.2) is 60.7 Å². The zero-order valence-electron chi connectivity index (χ0n) is 14.1. The van der Waals surface area contributed by atoms with Crippen LogP contribution in [0.1, 0.15) is 24.1 Å². The second-order valence-electron chi connectivity index (χ2n) is 5.70. The smallest absolute Gasteiger partial charge is 0.321 e. The molecule has 0 fully saturated rings. The van der Waals surface area contributed by atoms with Gasteiger partial charge >= 0.3 is 6.03 Å². The van der Waals surface area contributed by atoms with E-state index in [0.29, 0.717) is 13.1 Å². The molecule has 0 radical (unpaired) electrons. The summed E-state index contributed by atoms with van der Waals surface area (Å²) in [5, 5.41) is 5.03. The van der Waals surface area contributed by atoms with Crippen LogP contribution in [0.4, 0.5) is 4.79 Å². The Bertz CT molecular complexity index is 659. The lowest BCUT2D eigenvalue weighted by Gasteiger charge is -2.24. The molecule has 0 heterocycles. The summed E-state index contributed by atoms with van der Waals surface area (Å²) in [6, 6.07) is 18.6. The van der Waals surface area contributed by atoms with Crippen molar-refractivity contribution in [1.29, 1.82) is 0 Å². The van der Waals surface area contributed by atoms with E-state index in [0.717, 1.165) is 16.0 Å². The summed E-state index contributed by atoms with van der Waals surface area (Å²) in [5.74, 6) is -0.305. The zero-order chi connectivity index (χ0) is 17.4. The number of carbonyl (C=O) groups is 2. The molecule has 2 rings (SSSR count). The van der Waals surface area contributed by atoms with Crippen molar-refractivity contribution in [3.63, 3.8) is 0 Å². The second-order valence-corrected chi connectivity index (χ2v) is 5.70. The highest BCUT2D eigenvalue weighted by Gasteiger charge is 2.30. The van der Waals surface area contributed by atoms with Crippen molar-refractivity contribution in [2.24, 2.45) is 0 Å². The topological polar surface area (TPSA) is 62.6 Å². The Morgan fingerprint density at radius 2 is 1.58 bits per heavy atom. The third kappa shape index (κ3) is 4.93. The minimum Gasteiger partial charge on any atom is -0.338 e. The number of carbonyl (C=O) groups excluding carboxylic acids is 2. The van der Waals surface area contributed by atoms with Crippen LogP contribution in [-0.4, -0.2) is 25.5 Å². The third-order valence-corrected chi connectivity index (χ3v) is 3.79. The number of urea groups is 1. The Balaban J connectivity index is 2.19. The van der Waals surface area contributed by atoms with Crippen molar-refractivity contribution in [1.82, 2.24) is 10.6 Å². The normalized spacial score (nSPS) is 12.9. The number of likely N-dealkylation sites (N-methyl/N-ethyl adjacent to an activating group) is 1. The van der Waals surface area contributed by atoms with Gasteiger partial charge in [0.2, 0.25) is 0 Å². The summed E-state index contributed by atoms with van der Waals surface area (Å²) in [6.07, 6.45) is 0. The Morgan fingerprint density at radius 1 is 1.00 bits per heavy atom. The molecule has 2 atom stereocenters. The zero-order valence-corrected chi connectivity index (χ0v) is 14.1. The van der Waals surface area contributed by atoms with Gasteiger partial charge in [0.1, 0.15) is 6.54 Å². The lowest BCUT2D eigenvalue weighted by atomic mass is 10.0. The largest absolute Gasteiger partial charge is 0.338 e. The number of nitrogens with one attached hydrogen (secondary N) is 3. The van der Waals surface area contributed by atoms with Crippen LogP contribution in [0.25, 0.3) is 0 Å². The molecule has 2 aromatic rings. The van der Waals surface area contributed by atoms with Gasteiger partial charge in [-0.1, -0.05) is 60.7 Å². The SMILES string of the molecule is CCNC(=O)NC(=O)[C@@H](c1ccccc1)[NH+](C)Cc1ccccc1. The van der Waals surface area contributed by atoms with Gasteiger partial charge in [0.15, 0.2) is 6.04 Å². The first kappa shape index (κ1) is 17.7. The fourth-order valence-electron chi connectivity index (χ4n) is 2.71. The molecule has 5 nitrogen and oxygen atoms in total. The fourth-order valence-corrected chi connectivity index (χ4v) is 2.71. The highest BCUT2D eigenvalue weighted by Crippen LogP contribution is 2.10. The second kappa shape index (κ2) is 8.84. The summed E-state index contributed by atoms with van der Waals surface area (Å²) in [4.78, 5) is 25.4. The van der Waals surface area contributed by atoms with Gasteiger partial charge in [0.25, 0.3) is 5.91 Å². The third-order valence-electron chi connectivity index (χ3n) is 3.79. The number of rotatable bonds is 6. The van der Waals surface area contributed by atoms with Crippen molar-refractivity contribution in [2.75, 3.05) is 13.6 Å². The van der Waals surface area contributed by atoms with E-state index in [-0.39, 0.29) is 5.91 Å². The van der Waals surface area contributed by atoms with Gasteiger partial charge in [-0.05, 0) is 6.92 Å². The van der Waals surface area contributed by atoms with Gasteiger partial charge in [-0.15, -0.1) is 0 Å². The lowest BCUT2D eigenvalue weighted by Crippen LogP contribution is -3.09. The number of imide groups is 1. The Labute approximate surface area is 142 Å². The van der Waals surface area contributed by atoms with E-state index in [9.17, 15) is 9.59 Å². The molecule has 0 aliphatic carbocycles. The summed E-state index contributed by atoms with van der Waals surface area (Å²) >= 11 is 0. The predicted molar refractivity (Wildman–Crippen MR) is 93.4 cm³/mol. The number of hydrogen-bond donors (Lipinski definition) is 3. The summed E-state index contributed by atoms with van der Waals surface area (Å²) in [5.41, 5.74) is 2.02. The highest BCUT2D eigenvalue weighted by molar-refractivity contribution is 5.96. The number of benzene rings is 2. The molecule has 0 spiro atoms. The van der Waals surface area contributed by atoms with Gasteiger partial charge in [-0.3, -0.25) is 10.1 Å². The average molecular weight is 326 g/mol. The molecule has 0 saturated carbocycles. The van der Waals surface area contributed by atoms with Gasteiger partial charge in [-0.25, -0.2) is 4.79 Å². The summed E-state index contributed by atoms with van der Waals surface area (Å²) in [7, 11) is 1.96. The molecule has 0 aliphatic rings. The van der Waals surface area contributed by atoms with Crippen LogP contribution in [0.2, 0.25) is 0 Å². The Kier molecular flexibility index (Phi) is 6.51. The van der Waals surface area contributed by atoms with Crippen molar-refractivity contribution in [3.05, 3.63) is 71.8 Å². The first-order chi connectivity index (χ1) is 11.6. The maximum absolute atomic E-state index is 12.7. The molecule has 0 aliphatic heterocycles. The van der Waals surface area contributed by atoms with Crippen molar-refractivity contribution < 1.29 is 14.5 Å². The number of amides is 3. The molecule has 5 heteroatoms. The molecule has 3 amide bonds. The van der Waals surface area contributed by atoms with Gasteiger partial charge in [-0.2, -0.15) is 0 Å². The summed E-state index contributed by atoms with van der Waals surface area (Å²) < 4.78 is 0. The monoisotopic (exact) mass is 326 g/mol. The average Bonchev–Trinajstić information content (AvgIpc) is 2.57. The maximum atomic E-state index is 12.7. The van der Waals surface area contributed by atoms with Crippen LogP contribution in [0.5, 0.6) is 0 Å². The number of quaternary nitrogens is 1. The predicted octanol–water partition coefficient (Wildman–Crippen LogP) is 1.29. The van der Waals surface area contributed by atoms with E-state index < -0.39 is 12.1 Å². The van der Waals surface area contributed by atoms with Crippen LogP contribution in [-0.2, 0) is 11.3 Å². The highest BCUT2D eigenvalue weighted by atomic mass is 16.2. The van der Waals surface area contributed by atoms with Crippen LogP contribution in [0, 0.1) is 0 Å². The molecule has 0 aromatic heterocycles. The van der Waals surface area contributed by atoms with Gasteiger partial charge in [0, 0.05) is 17.7 Å². The van der Waals surface area contributed by atoms with Crippen LogP contribution in [0.3, 0.4) is 0 Å². The molecule has 0 bridgehead atoms. The van der Waals surface area contributed by atoms with E-state index in [1.165, 1.54) is 0 Å². The molecular formula is C19H24N3O2+. The molecule has 24 heavy (non-hydrogen) atoms. The molecule has 2 aromatic carbocycles. The molecular weight excluding hydrogens is 302 g/mol. The minimum absolute atomic E-state index is 0.305. The first-order valence-corrected chi connectivity index (χ1v) is 8.11. The Morgan fingerprint density at radius 3 is 2.17 bits per heavy atom. The lowest BCUT2D eigenvalue weighted by molar-refractivity contribution is -0.916. The van der Waals surface area contributed by atoms with Gasteiger partial charge < -0.3 is 10.2 Å². The van der Waals surface area contributed by atoms with Crippen LogP contribution < -0.4 is 15.5 Å². The summed E-state index contributed by atoms with van der Waals surface area (Å²) in [6.45, 7) is 2.97. The van der Waals surface area contributed by atoms with E-state index in [1.807, 2.05) is 74.6 Å². The van der Waals surface area contributed by atoms with E-state index in [1.54, 1.807) is 0 Å². The quantitative estimate of drug-likeness (QED) is 0.749. The molecule has 3 N–H and O–H groups in total. The van der Waals surface area contributed by atoms with E-state index in [2.05, 4.69) is 10.6 Å².